The van der Waals surface area contributed by atoms with Gasteiger partial charge in [-0.2, -0.15) is 0 Å². The van der Waals surface area contributed by atoms with Gasteiger partial charge in [0.15, 0.2) is 0 Å². The molecule has 0 saturated carbocycles. The third-order valence-electron chi connectivity index (χ3n) is 2.71. The summed E-state index contributed by atoms with van der Waals surface area (Å²) in [7, 11) is 1.90. The standard InChI is InChI=1S/C12H15N5O2/c1-17-8-15-16-11(17)4-5-13-7-10-3-2-9(6-14-10)12(18)19/h2-3,6,8,13H,4-5,7H2,1H3,(H,18,19). The van der Waals surface area contributed by atoms with E-state index >= 15 is 0 Å². The smallest absolute Gasteiger partial charge is 0.337 e. The van der Waals surface area contributed by atoms with E-state index in [1.54, 1.807) is 18.5 Å². The largest absolute Gasteiger partial charge is 0.478 e. The van der Waals surface area contributed by atoms with Crippen molar-refractivity contribution in [3.8, 4) is 0 Å². The Labute approximate surface area is 110 Å². The van der Waals surface area contributed by atoms with Crippen LogP contribution in [-0.4, -0.2) is 37.4 Å². The van der Waals surface area contributed by atoms with E-state index in [4.69, 9.17) is 5.11 Å². The first-order chi connectivity index (χ1) is 9.16. The zero-order valence-electron chi connectivity index (χ0n) is 10.6. The van der Waals surface area contributed by atoms with Gasteiger partial charge in [-0.1, -0.05) is 0 Å². The van der Waals surface area contributed by atoms with Crippen molar-refractivity contribution in [3.63, 3.8) is 0 Å². The van der Waals surface area contributed by atoms with Crippen LogP contribution in [0.25, 0.3) is 0 Å². The Hall–Kier alpha value is -2.28. The summed E-state index contributed by atoms with van der Waals surface area (Å²) in [5.41, 5.74) is 1.01. The predicted octanol–water partition coefficient (Wildman–Crippen LogP) is 0.241. The van der Waals surface area contributed by atoms with Gasteiger partial charge in [0.25, 0.3) is 0 Å². The third kappa shape index (κ3) is 3.59. The molecule has 100 valence electrons. The lowest BCUT2D eigenvalue weighted by Gasteiger charge is -2.04. The molecule has 2 aromatic rings. The molecule has 0 fully saturated rings. The molecule has 0 saturated heterocycles. The second-order valence-electron chi connectivity index (χ2n) is 4.13. The van der Waals surface area contributed by atoms with Crippen LogP contribution in [0.2, 0.25) is 0 Å². The summed E-state index contributed by atoms with van der Waals surface area (Å²) < 4.78 is 1.88. The normalized spacial score (nSPS) is 10.6. The molecule has 0 unspecified atom stereocenters. The highest BCUT2D eigenvalue weighted by Crippen LogP contribution is 2.00. The van der Waals surface area contributed by atoms with Crippen LogP contribution in [0.4, 0.5) is 0 Å². The van der Waals surface area contributed by atoms with Gasteiger partial charge in [0, 0.05) is 32.8 Å². The molecular weight excluding hydrogens is 246 g/mol. The summed E-state index contributed by atoms with van der Waals surface area (Å²) >= 11 is 0. The van der Waals surface area contributed by atoms with E-state index in [0.717, 1.165) is 24.5 Å². The summed E-state index contributed by atoms with van der Waals surface area (Å²) in [4.78, 5) is 14.7. The van der Waals surface area contributed by atoms with Crippen molar-refractivity contribution in [2.24, 2.45) is 7.05 Å². The summed E-state index contributed by atoms with van der Waals surface area (Å²) in [6.45, 7) is 1.35. The Morgan fingerprint density at radius 1 is 1.47 bits per heavy atom. The third-order valence-corrected chi connectivity index (χ3v) is 2.71. The van der Waals surface area contributed by atoms with Crippen molar-refractivity contribution in [1.29, 1.82) is 0 Å². The fraction of sp³-hybridized carbons (Fsp3) is 0.333. The maximum absolute atomic E-state index is 10.7. The molecule has 2 heterocycles. The van der Waals surface area contributed by atoms with E-state index in [0.29, 0.717) is 6.54 Å². The molecule has 0 aliphatic heterocycles. The van der Waals surface area contributed by atoms with Gasteiger partial charge >= 0.3 is 5.97 Å². The van der Waals surface area contributed by atoms with E-state index in [9.17, 15) is 4.79 Å². The van der Waals surface area contributed by atoms with E-state index in [1.807, 2.05) is 11.6 Å². The number of hydrogen-bond donors (Lipinski definition) is 2. The van der Waals surface area contributed by atoms with Crippen LogP contribution in [0.15, 0.2) is 24.7 Å². The minimum Gasteiger partial charge on any atom is -0.478 e. The SMILES string of the molecule is Cn1cnnc1CCNCc1ccc(C(=O)O)cn1. The highest BCUT2D eigenvalue weighted by molar-refractivity contribution is 5.87. The average Bonchev–Trinajstić information content (AvgIpc) is 2.81. The van der Waals surface area contributed by atoms with Crippen molar-refractivity contribution < 1.29 is 9.90 Å². The fourth-order valence-electron chi connectivity index (χ4n) is 1.61. The number of carbonyl (C=O) groups is 1. The molecule has 0 aliphatic carbocycles. The first-order valence-corrected chi connectivity index (χ1v) is 5.88. The molecule has 19 heavy (non-hydrogen) atoms. The Bertz CT molecular complexity index is 550. The molecule has 2 N–H and O–H groups in total. The van der Waals surface area contributed by atoms with Crippen molar-refractivity contribution >= 4 is 5.97 Å². The van der Waals surface area contributed by atoms with Gasteiger partial charge in [0.2, 0.25) is 0 Å². The number of hydrogen-bond acceptors (Lipinski definition) is 5. The minimum atomic E-state index is -0.964. The number of aromatic nitrogens is 4. The molecule has 0 aromatic carbocycles. The monoisotopic (exact) mass is 261 g/mol. The van der Waals surface area contributed by atoms with Crippen LogP contribution >= 0.6 is 0 Å². The maximum Gasteiger partial charge on any atom is 0.337 e. The quantitative estimate of drug-likeness (QED) is 0.724. The maximum atomic E-state index is 10.7. The Morgan fingerprint density at radius 3 is 2.89 bits per heavy atom. The zero-order chi connectivity index (χ0) is 13.7. The van der Waals surface area contributed by atoms with Crippen LogP contribution in [0.1, 0.15) is 21.9 Å². The van der Waals surface area contributed by atoms with Crippen molar-refractivity contribution in [3.05, 3.63) is 41.7 Å². The van der Waals surface area contributed by atoms with Crippen LogP contribution in [0, 0.1) is 0 Å². The van der Waals surface area contributed by atoms with Crippen molar-refractivity contribution in [2.75, 3.05) is 6.54 Å². The number of rotatable bonds is 6. The summed E-state index contributed by atoms with van der Waals surface area (Å²) in [5.74, 6) is -0.0454. The van der Waals surface area contributed by atoms with Crippen molar-refractivity contribution in [2.45, 2.75) is 13.0 Å². The van der Waals surface area contributed by atoms with Gasteiger partial charge in [-0.25, -0.2) is 4.79 Å². The number of nitrogens with one attached hydrogen (secondary N) is 1. The number of carboxylic acids is 1. The molecule has 7 nitrogen and oxygen atoms in total. The summed E-state index contributed by atoms with van der Waals surface area (Å²) in [6.07, 6.45) is 3.81. The molecule has 0 spiro atoms. The highest BCUT2D eigenvalue weighted by atomic mass is 16.4. The first-order valence-electron chi connectivity index (χ1n) is 5.88. The molecule has 2 rings (SSSR count). The van der Waals surface area contributed by atoms with Gasteiger partial charge in [0.05, 0.1) is 11.3 Å². The first kappa shape index (κ1) is 13.2. The molecule has 2 aromatic heterocycles. The van der Waals surface area contributed by atoms with Crippen LogP contribution in [0.3, 0.4) is 0 Å². The molecule has 0 atom stereocenters. The lowest BCUT2D eigenvalue weighted by molar-refractivity contribution is 0.0696. The molecule has 0 aliphatic rings. The van der Waals surface area contributed by atoms with E-state index in [2.05, 4.69) is 20.5 Å². The molecule has 0 bridgehead atoms. The van der Waals surface area contributed by atoms with Crippen LogP contribution in [-0.2, 0) is 20.0 Å². The Balaban J connectivity index is 1.76. The molecule has 7 heteroatoms. The average molecular weight is 261 g/mol. The lowest BCUT2D eigenvalue weighted by Crippen LogP contribution is -2.19. The van der Waals surface area contributed by atoms with E-state index in [-0.39, 0.29) is 5.56 Å². The molecule has 0 amide bonds. The van der Waals surface area contributed by atoms with Gasteiger partial charge in [-0.3, -0.25) is 4.98 Å². The van der Waals surface area contributed by atoms with Crippen LogP contribution < -0.4 is 5.32 Å². The topological polar surface area (TPSA) is 92.9 Å². The highest BCUT2D eigenvalue weighted by Gasteiger charge is 2.03. The number of aryl methyl sites for hydroxylation is 1. The summed E-state index contributed by atoms with van der Waals surface area (Å²) in [6, 6.07) is 3.26. The van der Waals surface area contributed by atoms with Gasteiger partial charge in [-0.15, -0.1) is 10.2 Å². The number of nitrogens with zero attached hydrogens (tertiary/aromatic N) is 4. The fourth-order valence-corrected chi connectivity index (χ4v) is 1.61. The van der Waals surface area contributed by atoms with E-state index in [1.165, 1.54) is 6.20 Å². The van der Waals surface area contributed by atoms with Gasteiger partial charge in [-0.05, 0) is 12.1 Å². The Morgan fingerprint density at radius 2 is 2.32 bits per heavy atom. The lowest BCUT2D eigenvalue weighted by atomic mass is 10.2. The number of pyridine rings is 1. The zero-order valence-corrected chi connectivity index (χ0v) is 10.6. The minimum absolute atomic E-state index is 0.197. The number of aromatic carboxylic acids is 1. The van der Waals surface area contributed by atoms with Crippen LogP contribution in [0.5, 0.6) is 0 Å². The van der Waals surface area contributed by atoms with Gasteiger partial charge in [0.1, 0.15) is 12.2 Å². The number of carboxylic acid groups (broad SMARTS) is 1. The second kappa shape index (κ2) is 6.05. The van der Waals surface area contributed by atoms with E-state index < -0.39 is 5.97 Å². The summed E-state index contributed by atoms with van der Waals surface area (Å²) in [5, 5.41) is 19.8. The predicted molar refractivity (Wildman–Crippen MR) is 67.6 cm³/mol. The molecule has 0 radical (unpaired) electrons. The van der Waals surface area contributed by atoms with Gasteiger partial charge < -0.3 is 15.0 Å². The molecular formula is C12H15N5O2. The second-order valence-corrected chi connectivity index (χ2v) is 4.13. The van der Waals surface area contributed by atoms with Crippen molar-refractivity contribution in [1.82, 2.24) is 25.1 Å². The Kier molecular flexibility index (Phi) is 4.19.